The highest BCUT2D eigenvalue weighted by molar-refractivity contribution is 7.90. The number of Topliss-reactive ketones (excluding diaryl/α,β-unsaturated/α-hetero) is 1. The Morgan fingerprint density at radius 1 is 0.958 bits per heavy atom. The van der Waals surface area contributed by atoms with Gasteiger partial charge < -0.3 is 26.6 Å². The Kier molecular flexibility index (Phi) is 10.7. The maximum Gasteiger partial charge on any atom is 0.315 e. The second-order valence-corrected chi connectivity index (χ2v) is 19.9. The largest absolute Gasteiger partial charge is 0.363 e. The van der Waals surface area contributed by atoms with Gasteiger partial charge in [0.25, 0.3) is 5.91 Å². The SMILES string of the molecule is CN(C[C@H](CC(C)(C)C)NC(=O)N[C@H](C(=O)N1C[C@H]2[C@@H]([C@H]1C(=O)NC(CC1CCC1)C(=O)C(N)=O)C2(C)C)C(C)(C)C)S(=O)(=O)C1CC1. The number of carbonyl (C=O) groups is 5. The summed E-state index contributed by atoms with van der Waals surface area (Å²) < 4.78 is 27.1. The molecule has 0 spiro atoms. The lowest BCUT2D eigenvalue weighted by Crippen LogP contribution is -2.62. The number of piperidine rings is 1. The van der Waals surface area contributed by atoms with Gasteiger partial charge >= 0.3 is 6.03 Å². The smallest absolute Gasteiger partial charge is 0.315 e. The van der Waals surface area contributed by atoms with Crippen molar-refractivity contribution in [3.05, 3.63) is 0 Å². The van der Waals surface area contributed by atoms with Crippen molar-refractivity contribution in [3.8, 4) is 0 Å². The number of urea groups is 1. The standard InChI is InChI=1S/C34H58N6O7S/c1-32(2,3)16-20(17-39(9)48(46,47)21-13-14-21)36-31(45)38-27(33(4,5)6)30(44)40-18-22-24(34(22,7)8)25(40)29(43)37-23(26(41)28(35)42)15-19-11-10-12-19/h19-25,27H,10-18H2,1-9H3,(H2,35,42)(H,37,43)(H2,36,38,45)/t20-,22-,23?,24-,25-,27+/m0/s1. The summed E-state index contributed by atoms with van der Waals surface area (Å²) in [5.74, 6) is -2.74. The van der Waals surface area contributed by atoms with E-state index in [1.807, 2.05) is 55.4 Å². The Balaban J connectivity index is 1.51. The molecule has 0 aromatic rings. The molecule has 3 saturated carbocycles. The zero-order valence-electron chi connectivity index (χ0n) is 30.2. The van der Waals surface area contributed by atoms with Gasteiger partial charge in [0.05, 0.1) is 11.3 Å². The van der Waals surface area contributed by atoms with Crippen molar-refractivity contribution < 1.29 is 32.4 Å². The van der Waals surface area contributed by atoms with E-state index in [1.165, 1.54) is 16.3 Å². The van der Waals surface area contributed by atoms with Gasteiger partial charge in [-0.25, -0.2) is 17.5 Å². The number of primary amides is 1. The molecule has 0 bridgehead atoms. The molecule has 5 N–H and O–H groups in total. The van der Waals surface area contributed by atoms with Gasteiger partial charge in [-0.3, -0.25) is 19.2 Å². The van der Waals surface area contributed by atoms with Gasteiger partial charge in [-0.05, 0) is 59.7 Å². The molecule has 272 valence electrons. The number of nitrogens with one attached hydrogen (secondary N) is 3. The molecule has 4 aliphatic rings. The van der Waals surface area contributed by atoms with E-state index in [-0.39, 0.29) is 40.4 Å². The second-order valence-electron chi connectivity index (χ2n) is 17.6. The molecule has 0 aromatic carbocycles. The molecule has 5 amide bonds. The van der Waals surface area contributed by atoms with Crippen LogP contribution in [0.5, 0.6) is 0 Å². The molecule has 4 fully saturated rings. The monoisotopic (exact) mass is 694 g/mol. The van der Waals surface area contributed by atoms with Crippen LogP contribution in [0.1, 0.15) is 100 Å². The Bertz CT molecular complexity index is 1390. The summed E-state index contributed by atoms with van der Waals surface area (Å²) in [6.45, 7) is 16.0. The van der Waals surface area contributed by atoms with Crippen LogP contribution < -0.4 is 21.7 Å². The molecular formula is C34H58N6O7S. The van der Waals surface area contributed by atoms with E-state index in [0.717, 1.165) is 19.3 Å². The third-order valence-electron chi connectivity index (χ3n) is 10.9. The molecule has 3 aliphatic carbocycles. The van der Waals surface area contributed by atoms with E-state index in [2.05, 4.69) is 16.0 Å². The summed E-state index contributed by atoms with van der Waals surface area (Å²) >= 11 is 0. The molecule has 1 unspecified atom stereocenters. The fourth-order valence-corrected chi connectivity index (χ4v) is 9.27. The van der Waals surface area contributed by atoms with Crippen molar-refractivity contribution in [2.75, 3.05) is 20.1 Å². The average Bonchev–Trinajstić information content (AvgIpc) is 3.80. The molecule has 4 rings (SSSR count). The van der Waals surface area contributed by atoms with Crippen molar-refractivity contribution >= 4 is 39.6 Å². The number of sulfonamides is 1. The van der Waals surface area contributed by atoms with Crippen molar-refractivity contribution in [2.24, 2.45) is 39.7 Å². The predicted octanol–water partition coefficient (Wildman–Crippen LogP) is 2.14. The number of likely N-dealkylation sites (N-methyl/N-ethyl adjacent to an activating group) is 1. The van der Waals surface area contributed by atoms with Crippen LogP contribution in [0.2, 0.25) is 0 Å². The Morgan fingerprint density at radius 3 is 2.04 bits per heavy atom. The number of nitrogens with two attached hydrogens (primary N) is 1. The number of amides is 5. The summed E-state index contributed by atoms with van der Waals surface area (Å²) in [4.78, 5) is 68.0. The van der Waals surface area contributed by atoms with Crippen molar-refractivity contribution in [1.29, 1.82) is 0 Å². The molecule has 1 saturated heterocycles. The van der Waals surface area contributed by atoms with Crippen LogP contribution in [0, 0.1) is 34.0 Å². The lowest BCUT2D eigenvalue weighted by Gasteiger charge is -2.38. The Morgan fingerprint density at radius 2 is 1.56 bits per heavy atom. The van der Waals surface area contributed by atoms with Gasteiger partial charge in [0.2, 0.25) is 27.6 Å². The first kappa shape index (κ1) is 38.1. The molecule has 1 heterocycles. The van der Waals surface area contributed by atoms with E-state index in [1.54, 1.807) is 0 Å². The lowest BCUT2D eigenvalue weighted by molar-refractivity contribution is -0.145. The number of hydrogen-bond acceptors (Lipinski definition) is 7. The summed E-state index contributed by atoms with van der Waals surface area (Å²) in [5, 5.41) is 8.22. The fourth-order valence-electron chi connectivity index (χ4n) is 7.64. The molecule has 48 heavy (non-hydrogen) atoms. The highest BCUT2D eigenvalue weighted by atomic mass is 32.2. The number of fused-ring (bicyclic) bond motifs is 1. The van der Waals surface area contributed by atoms with Crippen molar-refractivity contribution in [1.82, 2.24) is 25.2 Å². The molecule has 14 heteroatoms. The Labute approximate surface area is 286 Å². The van der Waals surface area contributed by atoms with Crippen LogP contribution in [0.3, 0.4) is 0 Å². The first-order chi connectivity index (χ1) is 21.9. The molecule has 13 nitrogen and oxygen atoms in total. The van der Waals surface area contributed by atoms with E-state index in [4.69, 9.17) is 5.73 Å². The van der Waals surface area contributed by atoms with E-state index < -0.39 is 69.1 Å². The number of carbonyl (C=O) groups excluding carboxylic acids is 5. The number of nitrogens with zero attached hydrogens (tertiary/aromatic N) is 2. The Hall–Kier alpha value is -2.74. The third-order valence-corrected chi connectivity index (χ3v) is 13.2. The van der Waals surface area contributed by atoms with Gasteiger partial charge in [-0.15, -0.1) is 0 Å². The zero-order valence-corrected chi connectivity index (χ0v) is 31.0. The van der Waals surface area contributed by atoms with Crippen LogP contribution in [0.25, 0.3) is 0 Å². The predicted molar refractivity (Wildman–Crippen MR) is 182 cm³/mol. The molecule has 6 atom stereocenters. The summed E-state index contributed by atoms with van der Waals surface area (Å²) in [7, 11) is -1.92. The van der Waals surface area contributed by atoms with Gasteiger partial charge in [0, 0.05) is 26.2 Å². The van der Waals surface area contributed by atoms with Crippen LogP contribution in [-0.2, 0) is 29.2 Å². The lowest BCUT2D eigenvalue weighted by atomic mass is 9.80. The third kappa shape index (κ3) is 8.51. The normalized spacial score (nSPS) is 25.7. The minimum Gasteiger partial charge on any atom is -0.363 e. The fraction of sp³-hybridized carbons (Fsp3) is 0.853. The highest BCUT2D eigenvalue weighted by Crippen LogP contribution is 2.65. The number of ketones is 1. The van der Waals surface area contributed by atoms with E-state index in [9.17, 15) is 32.4 Å². The maximum absolute atomic E-state index is 14.4. The topological polar surface area (TPSA) is 188 Å². The maximum atomic E-state index is 14.4. The zero-order chi connectivity index (χ0) is 36.1. The first-order valence-corrected chi connectivity index (χ1v) is 18.9. The van der Waals surface area contributed by atoms with Crippen molar-refractivity contribution in [2.45, 2.75) is 130 Å². The second kappa shape index (κ2) is 13.5. The summed E-state index contributed by atoms with van der Waals surface area (Å²) in [5.41, 5.74) is 4.16. The molecule has 1 aliphatic heterocycles. The van der Waals surface area contributed by atoms with Gasteiger partial charge in [0.15, 0.2) is 0 Å². The molecular weight excluding hydrogens is 636 g/mol. The number of likely N-dealkylation sites (tertiary alicyclic amines) is 1. The van der Waals surface area contributed by atoms with Gasteiger partial charge in [0.1, 0.15) is 12.1 Å². The minimum atomic E-state index is -3.46. The van der Waals surface area contributed by atoms with Crippen molar-refractivity contribution in [3.63, 3.8) is 0 Å². The van der Waals surface area contributed by atoms with Gasteiger partial charge in [-0.1, -0.05) is 74.7 Å². The molecule has 0 radical (unpaired) electrons. The quantitative estimate of drug-likeness (QED) is 0.201. The molecule has 0 aromatic heterocycles. The summed E-state index contributed by atoms with van der Waals surface area (Å²) in [6, 6.07) is -4.08. The van der Waals surface area contributed by atoms with E-state index in [0.29, 0.717) is 32.2 Å². The van der Waals surface area contributed by atoms with E-state index >= 15 is 0 Å². The highest BCUT2D eigenvalue weighted by Gasteiger charge is 2.70. The summed E-state index contributed by atoms with van der Waals surface area (Å²) in [6.07, 6.45) is 4.94. The van der Waals surface area contributed by atoms with Crippen LogP contribution in [0.15, 0.2) is 0 Å². The first-order valence-electron chi connectivity index (χ1n) is 17.4. The average molecular weight is 695 g/mol. The number of rotatable bonds is 14. The number of hydrogen-bond donors (Lipinski definition) is 4. The minimum absolute atomic E-state index is 0.0590. The van der Waals surface area contributed by atoms with Crippen LogP contribution in [0.4, 0.5) is 4.79 Å². The van der Waals surface area contributed by atoms with Gasteiger partial charge in [-0.2, -0.15) is 0 Å². The van der Waals surface area contributed by atoms with Crippen LogP contribution in [-0.4, -0.2) is 96.7 Å². The van der Waals surface area contributed by atoms with Crippen LogP contribution >= 0.6 is 0 Å².